The molecule has 0 saturated carbocycles. The second kappa shape index (κ2) is 6.21. The fourth-order valence-corrected chi connectivity index (χ4v) is 4.49. The van der Waals surface area contributed by atoms with Crippen molar-refractivity contribution in [3.8, 4) is 0 Å². The van der Waals surface area contributed by atoms with Crippen molar-refractivity contribution in [3.63, 3.8) is 0 Å². The molecule has 0 spiro atoms. The summed E-state index contributed by atoms with van der Waals surface area (Å²) in [5.41, 5.74) is -0.0743. The lowest BCUT2D eigenvalue weighted by molar-refractivity contribution is 0.597. The number of benzene rings is 1. The summed E-state index contributed by atoms with van der Waals surface area (Å²) in [5.74, 6) is -0.631. The number of anilines is 1. The van der Waals surface area contributed by atoms with Gasteiger partial charge in [-0.3, -0.25) is 4.72 Å². The van der Waals surface area contributed by atoms with Crippen LogP contribution in [0.15, 0.2) is 39.0 Å². The standard InChI is InChI=1S/C12H12BrFN2O2S2/c1-15-7-11-12(4-5-19-11)20(17,18)16-10-3-2-8(13)6-9(10)14/h2-6,15-16H,7H2,1H3. The second-order valence-electron chi connectivity index (χ2n) is 3.97. The second-order valence-corrected chi connectivity index (χ2v) is 7.54. The van der Waals surface area contributed by atoms with Gasteiger partial charge in [0.15, 0.2) is 0 Å². The van der Waals surface area contributed by atoms with E-state index >= 15 is 0 Å². The first-order chi connectivity index (χ1) is 9.44. The van der Waals surface area contributed by atoms with Crippen LogP contribution in [-0.4, -0.2) is 15.5 Å². The molecule has 2 aromatic rings. The quantitative estimate of drug-likeness (QED) is 0.839. The summed E-state index contributed by atoms with van der Waals surface area (Å²) in [6, 6.07) is 5.67. The van der Waals surface area contributed by atoms with Gasteiger partial charge in [-0.25, -0.2) is 12.8 Å². The number of hydrogen-bond acceptors (Lipinski definition) is 4. The van der Waals surface area contributed by atoms with Gasteiger partial charge in [0.05, 0.1) is 5.69 Å². The van der Waals surface area contributed by atoms with Crippen LogP contribution in [0.1, 0.15) is 4.88 Å². The van der Waals surface area contributed by atoms with Gasteiger partial charge in [-0.2, -0.15) is 0 Å². The van der Waals surface area contributed by atoms with Crippen LogP contribution < -0.4 is 10.0 Å². The van der Waals surface area contributed by atoms with Crippen LogP contribution in [0.2, 0.25) is 0 Å². The monoisotopic (exact) mass is 378 g/mol. The zero-order valence-corrected chi connectivity index (χ0v) is 13.7. The third-order valence-corrected chi connectivity index (χ3v) is 5.50. The van der Waals surface area contributed by atoms with Crippen molar-refractivity contribution >= 4 is 43.0 Å². The van der Waals surface area contributed by atoms with Gasteiger partial charge in [-0.15, -0.1) is 11.3 Å². The summed E-state index contributed by atoms with van der Waals surface area (Å²) in [6.45, 7) is 0.441. The Bertz CT molecular complexity index is 716. The van der Waals surface area contributed by atoms with Gasteiger partial charge < -0.3 is 5.32 Å². The highest BCUT2D eigenvalue weighted by atomic mass is 79.9. The minimum Gasteiger partial charge on any atom is -0.315 e. The van der Waals surface area contributed by atoms with Gasteiger partial charge in [0.25, 0.3) is 10.0 Å². The van der Waals surface area contributed by atoms with E-state index in [9.17, 15) is 12.8 Å². The van der Waals surface area contributed by atoms with Crippen LogP contribution in [0.4, 0.5) is 10.1 Å². The zero-order chi connectivity index (χ0) is 14.8. The third kappa shape index (κ3) is 3.38. The molecule has 8 heteroatoms. The van der Waals surface area contributed by atoms with Crippen LogP contribution in [-0.2, 0) is 16.6 Å². The fraction of sp³-hybridized carbons (Fsp3) is 0.167. The van der Waals surface area contributed by atoms with Gasteiger partial charge in [0.1, 0.15) is 10.7 Å². The first kappa shape index (κ1) is 15.4. The van der Waals surface area contributed by atoms with Gasteiger partial charge in [0.2, 0.25) is 0 Å². The SMILES string of the molecule is CNCc1sccc1S(=O)(=O)Nc1ccc(Br)cc1F. The molecule has 0 fully saturated rings. The number of sulfonamides is 1. The third-order valence-electron chi connectivity index (χ3n) is 2.51. The molecule has 108 valence electrons. The van der Waals surface area contributed by atoms with Crippen molar-refractivity contribution in [2.24, 2.45) is 0 Å². The maximum Gasteiger partial charge on any atom is 0.263 e. The average Bonchev–Trinajstić information content (AvgIpc) is 2.82. The topological polar surface area (TPSA) is 58.2 Å². The van der Waals surface area contributed by atoms with E-state index in [0.29, 0.717) is 15.9 Å². The van der Waals surface area contributed by atoms with E-state index in [1.54, 1.807) is 18.5 Å². The van der Waals surface area contributed by atoms with E-state index in [1.165, 1.54) is 29.5 Å². The Morgan fingerprint density at radius 1 is 1.35 bits per heavy atom. The van der Waals surface area contributed by atoms with Gasteiger partial charge in [-0.1, -0.05) is 15.9 Å². The summed E-state index contributed by atoms with van der Waals surface area (Å²) in [5, 5.41) is 4.60. The molecule has 0 unspecified atom stereocenters. The molecule has 0 atom stereocenters. The largest absolute Gasteiger partial charge is 0.315 e. The molecule has 0 aliphatic carbocycles. The fourth-order valence-electron chi connectivity index (χ4n) is 1.63. The normalized spacial score (nSPS) is 11.6. The molecule has 2 rings (SSSR count). The summed E-state index contributed by atoms with van der Waals surface area (Å²) in [7, 11) is -2.06. The van der Waals surface area contributed by atoms with Crippen molar-refractivity contribution < 1.29 is 12.8 Å². The van der Waals surface area contributed by atoms with Crippen molar-refractivity contribution in [1.82, 2.24) is 5.32 Å². The highest BCUT2D eigenvalue weighted by molar-refractivity contribution is 9.10. The minimum absolute atomic E-state index is 0.0743. The molecule has 0 amide bonds. The lowest BCUT2D eigenvalue weighted by Crippen LogP contribution is -2.16. The molecule has 0 bridgehead atoms. The Hall–Kier alpha value is -0.960. The Morgan fingerprint density at radius 2 is 2.10 bits per heavy atom. The molecule has 2 N–H and O–H groups in total. The van der Waals surface area contributed by atoms with Crippen LogP contribution in [0.25, 0.3) is 0 Å². The van der Waals surface area contributed by atoms with Crippen molar-refractivity contribution in [1.29, 1.82) is 0 Å². The van der Waals surface area contributed by atoms with E-state index in [-0.39, 0.29) is 10.6 Å². The van der Waals surface area contributed by atoms with Crippen LogP contribution in [0.3, 0.4) is 0 Å². The molecule has 20 heavy (non-hydrogen) atoms. The summed E-state index contributed by atoms with van der Waals surface area (Å²) >= 11 is 4.46. The highest BCUT2D eigenvalue weighted by Gasteiger charge is 2.20. The summed E-state index contributed by atoms with van der Waals surface area (Å²) in [4.78, 5) is 0.844. The van der Waals surface area contributed by atoms with Gasteiger partial charge >= 0.3 is 0 Å². The Labute approximate surface area is 129 Å². The predicted octanol–water partition coefficient (Wildman–Crippen LogP) is 3.17. The first-order valence-electron chi connectivity index (χ1n) is 5.63. The summed E-state index contributed by atoms with van der Waals surface area (Å²) in [6.07, 6.45) is 0. The number of nitrogens with one attached hydrogen (secondary N) is 2. The number of halogens is 2. The number of rotatable bonds is 5. The predicted molar refractivity (Wildman–Crippen MR) is 82.0 cm³/mol. The lowest BCUT2D eigenvalue weighted by atomic mass is 10.3. The average molecular weight is 379 g/mol. The lowest BCUT2D eigenvalue weighted by Gasteiger charge is -2.09. The zero-order valence-electron chi connectivity index (χ0n) is 10.5. The number of hydrogen-bond donors (Lipinski definition) is 2. The molecule has 4 nitrogen and oxygen atoms in total. The molecule has 0 aliphatic heterocycles. The number of thiophene rings is 1. The van der Waals surface area contributed by atoms with E-state index in [0.717, 1.165) is 0 Å². The van der Waals surface area contributed by atoms with E-state index < -0.39 is 15.8 Å². The van der Waals surface area contributed by atoms with Crippen LogP contribution in [0.5, 0.6) is 0 Å². The molecule has 1 aromatic heterocycles. The van der Waals surface area contributed by atoms with Crippen LogP contribution in [0, 0.1) is 5.82 Å². The minimum atomic E-state index is -3.79. The molecule has 1 aromatic carbocycles. The van der Waals surface area contributed by atoms with Crippen LogP contribution >= 0.6 is 27.3 Å². The molecular weight excluding hydrogens is 367 g/mol. The van der Waals surface area contributed by atoms with E-state index in [1.807, 2.05) is 0 Å². The maximum atomic E-state index is 13.7. The van der Waals surface area contributed by atoms with Gasteiger partial charge in [0, 0.05) is 15.9 Å². The van der Waals surface area contributed by atoms with E-state index in [4.69, 9.17) is 0 Å². The van der Waals surface area contributed by atoms with Crippen molar-refractivity contribution in [2.75, 3.05) is 11.8 Å². The Kier molecular flexibility index (Phi) is 4.79. The molecule has 0 aliphatic rings. The summed E-state index contributed by atoms with van der Waals surface area (Å²) < 4.78 is 41.1. The molecular formula is C12H12BrFN2O2S2. The smallest absolute Gasteiger partial charge is 0.263 e. The van der Waals surface area contributed by atoms with Crippen molar-refractivity contribution in [2.45, 2.75) is 11.4 Å². The Balaban J connectivity index is 2.33. The maximum absolute atomic E-state index is 13.7. The Morgan fingerprint density at radius 3 is 2.75 bits per heavy atom. The molecule has 1 heterocycles. The highest BCUT2D eigenvalue weighted by Crippen LogP contribution is 2.26. The first-order valence-corrected chi connectivity index (χ1v) is 8.78. The van der Waals surface area contributed by atoms with Crippen molar-refractivity contribution in [3.05, 3.63) is 44.8 Å². The van der Waals surface area contributed by atoms with Gasteiger partial charge in [-0.05, 0) is 36.7 Å². The molecule has 0 saturated heterocycles. The van der Waals surface area contributed by atoms with E-state index in [2.05, 4.69) is 26.0 Å². The molecule has 0 radical (unpaired) electrons.